The van der Waals surface area contributed by atoms with E-state index in [2.05, 4.69) is 6.07 Å². The lowest BCUT2D eigenvalue weighted by molar-refractivity contribution is 0.587. The van der Waals surface area contributed by atoms with Crippen molar-refractivity contribution in [3.05, 3.63) is 58.4 Å². The Labute approximate surface area is 102 Å². The van der Waals surface area contributed by atoms with Crippen molar-refractivity contribution in [2.45, 2.75) is 6.92 Å². The van der Waals surface area contributed by atoms with Crippen LogP contribution >= 0.6 is 11.6 Å². The van der Waals surface area contributed by atoms with E-state index in [-0.39, 0.29) is 16.1 Å². The molecule has 17 heavy (non-hydrogen) atoms. The van der Waals surface area contributed by atoms with E-state index in [1.54, 1.807) is 6.92 Å². The lowest BCUT2D eigenvalue weighted by Gasteiger charge is -2.08. The zero-order valence-corrected chi connectivity index (χ0v) is 9.58. The molecule has 0 N–H and O–H groups in total. The summed E-state index contributed by atoms with van der Waals surface area (Å²) in [6.45, 7) is 1.57. The molecular formula is C13H7ClF3. The summed E-state index contributed by atoms with van der Waals surface area (Å²) >= 11 is 5.78. The van der Waals surface area contributed by atoms with Crippen LogP contribution in [0, 0.1) is 30.4 Å². The van der Waals surface area contributed by atoms with Crippen molar-refractivity contribution in [1.29, 1.82) is 0 Å². The molecular weight excluding hydrogens is 249 g/mol. The smallest absolute Gasteiger partial charge is 0.134 e. The monoisotopic (exact) mass is 255 g/mol. The second kappa shape index (κ2) is 4.41. The number of rotatable bonds is 1. The normalized spacial score (nSPS) is 10.6. The maximum atomic E-state index is 13.7. The number of benzene rings is 2. The summed E-state index contributed by atoms with van der Waals surface area (Å²) in [6.07, 6.45) is 0. The minimum absolute atomic E-state index is 0.0158. The van der Waals surface area contributed by atoms with Crippen molar-refractivity contribution in [1.82, 2.24) is 0 Å². The summed E-state index contributed by atoms with van der Waals surface area (Å²) in [4.78, 5) is 0. The molecule has 0 nitrogen and oxygen atoms in total. The molecule has 2 rings (SSSR count). The molecule has 0 aliphatic carbocycles. The molecule has 0 bridgehead atoms. The van der Waals surface area contributed by atoms with Crippen LogP contribution in [0.5, 0.6) is 0 Å². The lowest BCUT2D eigenvalue weighted by atomic mass is 10.0. The Morgan fingerprint density at radius 2 is 1.65 bits per heavy atom. The van der Waals surface area contributed by atoms with E-state index in [1.165, 1.54) is 12.1 Å². The summed E-state index contributed by atoms with van der Waals surface area (Å²) in [5, 5.41) is 0.0491. The lowest BCUT2D eigenvalue weighted by Crippen LogP contribution is -1.93. The van der Waals surface area contributed by atoms with Crippen LogP contribution in [-0.4, -0.2) is 0 Å². The SMILES string of the molecule is Cc1cc(F)c(-c2cc(F)[c]cc2Cl)c(F)c1. The molecule has 87 valence electrons. The molecule has 0 fully saturated rings. The van der Waals surface area contributed by atoms with Gasteiger partial charge in [-0.25, -0.2) is 13.2 Å². The molecule has 0 amide bonds. The van der Waals surface area contributed by atoms with E-state index in [9.17, 15) is 13.2 Å². The highest BCUT2D eigenvalue weighted by atomic mass is 35.5. The molecule has 2 aromatic rings. The van der Waals surface area contributed by atoms with Crippen molar-refractivity contribution in [3.63, 3.8) is 0 Å². The Hall–Kier alpha value is -1.48. The first-order valence-corrected chi connectivity index (χ1v) is 5.19. The molecule has 0 aliphatic heterocycles. The van der Waals surface area contributed by atoms with Gasteiger partial charge in [-0.05, 0) is 36.8 Å². The van der Waals surface area contributed by atoms with Crippen molar-refractivity contribution in [2.75, 3.05) is 0 Å². The van der Waals surface area contributed by atoms with Crippen LogP contribution in [0.15, 0.2) is 24.3 Å². The Bertz CT molecular complexity index is 556. The molecule has 2 aromatic carbocycles. The predicted molar refractivity (Wildman–Crippen MR) is 60.3 cm³/mol. The van der Waals surface area contributed by atoms with Gasteiger partial charge in [0.25, 0.3) is 0 Å². The molecule has 4 heteroatoms. The van der Waals surface area contributed by atoms with E-state index in [1.807, 2.05) is 0 Å². The summed E-state index contributed by atoms with van der Waals surface area (Å²) < 4.78 is 40.4. The van der Waals surface area contributed by atoms with Crippen LogP contribution in [0.25, 0.3) is 11.1 Å². The number of hydrogen-bond donors (Lipinski definition) is 0. The van der Waals surface area contributed by atoms with Crippen LogP contribution in [0.3, 0.4) is 0 Å². The molecule has 0 aromatic heterocycles. The fourth-order valence-corrected chi connectivity index (χ4v) is 1.80. The van der Waals surface area contributed by atoms with Crippen LogP contribution in [0.1, 0.15) is 5.56 Å². The molecule has 0 saturated carbocycles. The predicted octanol–water partition coefficient (Wildman–Crippen LogP) is 4.53. The fraction of sp³-hybridized carbons (Fsp3) is 0.0769. The molecule has 0 heterocycles. The standard InChI is InChI=1S/C13H7ClF3/c1-7-4-11(16)13(12(17)5-7)9-6-8(15)2-3-10(9)14/h3-6H,1H3. The average molecular weight is 256 g/mol. The molecule has 0 aliphatic rings. The fourth-order valence-electron chi connectivity index (χ4n) is 1.60. The molecule has 0 spiro atoms. The van der Waals surface area contributed by atoms with Gasteiger partial charge in [-0.2, -0.15) is 0 Å². The number of halogens is 4. The summed E-state index contributed by atoms with van der Waals surface area (Å²) in [7, 11) is 0. The van der Waals surface area contributed by atoms with Gasteiger partial charge in [0, 0.05) is 16.7 Å². The number of hydrogen-bond acceptors (Lipinski definition) is 0. The van der Waals surface area contributed by atoms with E-state index in [0.29, 0.717) is 5.56 Å². The highest BCUT2D eigenvalue weighted by Crippen LogP contribution is 2.33. The van der Waals surface area contributed by atoms with Gasteiger partial charge in [0.15, 0.2) is 0 Å². The van der Waals surface area contributed by atoms with Crippen molar-refractivity contribution in [3.8, 4) is 11.1 Å². The molecule has 0 atom stereocenters. The van der Waals surface area contributed by atoms with E-state index in [0.717, 1.165) is 12.1 Å². The van der Waals surface area contributed by atoms with Crippen molar-refractivity contribution >= 4 is 11.6 Å². The largest absolute Gasteiger partial charge is 0.206 e. The summed E-state index contributed by atoms with van der Waals surface area (Å²) in [5.74, 6) is -2.26. The van der Waals surface area contributed by atoms with Crippen LogP contribution < -0.4 is 0 Å². The first-order valence-electron chi connectivity index (χ1n) is 4.82. The van der Waals surface area contributed by atoms with E-state index in [4.69, 9.17) is 11.6 Å². The van der Waals surface area contributed by atoms with Gasteiger partial charge >= 0.3 is 0 Å². The highest BCUT2D eigenvalue weighted by Gasteiger charge is 2.15. The first kappa shape index (κ1) is 12.0. The third kappa shape index (κ3) is 2.29. The third-order valence-corrected chi connectivity index (χ3v) is 2.63. The van der Waals surface area contributed by atoms with Crippen molar-refractivity contribution in [2.24, 2.45) is 0 Å². The van der Waals surface area contributed by atoms with Gasteiger partial charge in [-0.3, -0.25) is 0 Å². The second-order valence-corrected chi connectivity index (χ2v) is 4.05. The maximum Gasteiger partial charge on any atom is 0.134 e. The van der Waals surface area contributed by atoms with Gasteiger partial charge in [-0.1, -0.05) is 11.6 Å². The summed E-state index contributed by atoms with van der Waals surface area (Å²) in [5.41, 5.74) is 0.106. The quantitative estimate of drug-likeness (QED) is 0.702. The van der Waals surface area contributed by atoms with Gasteiger partial charge in [0.2, 0.25) is 0 Å². The van der Waals surface area contributed by atoms with E-state index >= 15 is 0 Å². The minimum atomic E-state index is -0.769. The minimum Gasteiger partial charge on any atom is -0.206 e. The Kier molecular flexibility index (Phi) is 3.11. The van der Waals surface area contributed by atoms with Gasteiger partial charge in [-0.15, -0.1) is 0 Å². The van der Waals surface area contributed by atoms with Crippen LogP contribution in [-0.2, 0) is 0 Å². The highest BCUT2D eigenvalue weighted by molar-refractivity contribution is 6.33. The topological polar surface area (TPSA) is 0 Å². The van der Waals surface area contributed by atoms with Crippen molar-refractivity contribution < 1.29 is 13.2 Å². The molecule has 1 radical (unpaired) electrons. The number of aryl methyl sites for hydroxylation is 1. The zero-order chi connectivity index (χ0) is 12.6. The maximum absolute atomic E-state index is 13.7. The molecule has 0 unspecified atom stereocenters. The third-order valence-electron chi connectivity index (χ3n) is 2.32. The Morgan fingerprint density at radius 3 is 2.24 bits per heavy atom. The Balaban J connectivity index is 2.72. The van der Waals surface area contributed by atoms with Crippen LogP contribution in [0.2, 0.25) is 5.02 Å². The van der Waals surface area contributed by atoms with Gasteiger partial charge in [0.05, 0.1) is 5.56 Å². The van der Waals surface area contributed by atoms with E-state index < -0.39 is 17.5 Å². The average Bonchev–Trinajstić information content (AvgIpc) is 2.21. The van der Waals surface area contributed by atoms with Gasteiger partial charge < -0.3 is 0 Å². The van der Waals surface area contributed by atoms with Gasteiger partial charge in [0.1, 0.15) is 17.5 Å². The molecule has 0 saturated heterocycles. The zero-order valence-electron chi connectivity index (χ0n) is 8.82. The summed E-state index contributed by atoms with van der Waals surface area (Å²) in [6, 6.07) is 6.66. The van der Waals surface area contributed by atoms with Crippen LogP contribution in [0.4, 0.5) is 13.2 Å². The first-order chi connectivity index (χ1) is 7.99. The Morgan fingerprint density at radius 1 is 1.06 bits per heavy atom. The second-order valence-electron chi connectivity index (χ2n) is 3.65.